The van der Waals surface area contributed by atoms with Crippen LogP contribution in [0.5, 0.6) is 5.75 Å². The highest BCUT2D eigenvalue weighted by molar-refractivity contribution is 9.10. The summed E-state index contributed by atoms with van der Waals surface area (Å²) in [6, 6.07) is 14.0. The summed E-state index contributed by atoms with van der Waals surface area (Å²) < 4.78 is 15.0. The molecule has 1 aliphatic heterocycles. The van der Waals surface area contributed by atoms with Gasteiger partial charge >= 0.3 is 0 Å². The Hall–Kier alpha value is -2.93. The van der Waals surface area contributed by atoms with Crippen molar-refractivity contribution in [2.75, 3.05) is 24.5 Å². The molecular weight excluding hydrogens is 473 g/mol. The van der Waals surface area contributed by atoms with Crippen molar-refractivity contribution in [2.24, 2.45) is 5.92 Å². The van der Waals surface area contributed by atoms with E-state index in [1.165, 1.54) is 6.07 Å². The number of piperidine rings is 1. The van der Waals surface area contributed by atoms with E-state index in [-0.39, 0.29) is 29.9 Å². The van der Waals surface area contributed by atoms with E-state index in [2.05, 4.69) is 32.4 Å². The van der Waals surface area contributed by atoms with Crippen LogP contribution < -0.4 is 4.90 Å². The number of hydrogen-bond donors (Lipinski definition) is 1. The lowest BCUT2D eigenvalue weighted by Crippen LogP contribution is -2.42. The van der Waals surface area contributed by atoms with E-state index in [1.807, 2.05) is 18.2 Å². The van der Waals surface area contributed by atoms with Gasteiger partial charge in [-0.15, -0.1) is 6.58 Å². The third-order valence-corrected chi connectivity index (χ3v) is 6.38. The second kappa shape index (κ2) is 9.69. The number of carbonyl (C=O) groups excluding carboxylic acids is 1. The number of fused-ring (bicyclic) bond motifs is 1. The first-order valence-electron chi connectivity index (χ1n) is 10.6. The van der Waals surface area contributed by atoms with E-state index in [4.69, 9.17) is 0 Å². The van der Waals surface area contributed by atoms with Crippen LogP contribution in [0.1, 0.15) is 18.4 Å². The zero-order chi connectivity index (χ0) is 22.7. The largest absolute Gasteiger partial charge is 0.506 e. The normalized spacial score (nSPS) is 14.5. The van der Waals surface area contributed by atoms with Crippen molar-refractivity contribution in [3.8, 4) is 5.75 Å². The van der Waals surface area contributed by atoms with Crippen molar-refractivity contribution in [1.82, 2.24) is 9.88 Å². The van der Waals surface area contributed by atoms with Gasteiger partial charge in [0.2, 0.25) is 5.91 Å². The minimum Gasteiger partial charge on any atom is -0.506 e. The van der Waals surface area contributed by atoms with Crippen LogP contribution in [-0.4, -0.2) is 40.5 Å². The number of rotatable bonds is 6. The summed E-state index contributed by atoms with van der Waals surface area (Å²) in [5.41, 5.74) is 1.06. The average molecular weight is 498 g/mol. The SMILES string of the molecule is C=CCN(Cc1cc(Br)ccc1F)C(=O)C1CCN(c2ccc3cccc(O)c3n2)CC1. The molecule has 0 aliphatic carbocycles. The molecule has 0 saturated carbocycles. The maximum atomic E-state index is 14.2. The highest BCUT2D eigenvalue weighted by atomic mass is 79.9. The summed E-state index contributed by atoms with van der Waals surface area (Å²) in [6.45, 7) is 5.72. The van der Waals surface area contributed by atoms with Gasteiger partial charge in [0.1, 0.15) is 22.9 Å². The van der Waals surface area contributed by atoms with E-state index in [9.17, 15) is 14.3 Å². The van der Waals surface area contributed by atoms with Gasteiger partial charge in [0.15, 0.2) is 0 Å². The van der Waals surface area contributed by atoms with Gasteiger partial charge in [0, 0.05) is 47.5 Å². The zero-order valence-corrected chi connectivity index (χ0v) is 19.3. The Labute approximate surface area is 195 Å². The molecule has 32 heavy (non-hydrogen) atoms. The van der Waals surface area contributed by atoms with Gasteiger partial charge in [-0.3, -0.25) is 4.79 Å². The molecule has 1 N–H and O–H groups in total. The summed E-state index contributed by atoms with van der Waals surface area (Å²) in [6.07, 6.45) is 3.05. The minimum absolute atomic E-state index is 0.0213. The lowest BCUT2D eigenvalue weighted by atomic mass is 9.95. The van der Waals surface area contributed by atoms with Crippen molar-refractivity contribution < 1.29 is 14.3 Å². The molecule has 5 nitrogen and oxygen atoms in total. The summed E-state index contributed by atoms with van der Waals surface area (Å²) in [7, 11) is 0. The third kappa shape index (κ3) is 4.78. The fraction of sp³-hybridized carbons (Fsp3) is 0.280. The van der Waals surface area contributed by atoms with Crippen molar-refractivity contribution in [1.29, 1.82) is 0 Å². The fourth-order valence-electron chi connectivity index (χ4n) is 4.17. The Morgan fingerprint density at radius 3 is 2.78 bits per heavy atom. The summed E-state index contributed by atoms with van der Waals surface area (Å²) in [5.74, 6) is 0.525. The Bertz CT molecular complexity index is 1150. The summed E-state index contributed by atoms with van der Waals surface area (Å²) >= 11 is 3.37. The molecular formula is C25H25BrFN3O2. The molecule has 1 fully saturated rings. The molecule has 7 heteroatoms. The minimum atomic E-state index is -0.324. The van der Waals surface area contributed by atoms with Crippen LogP contribution >= 0.6 is 15.9 Å². The van der Waals surface area contributed by atoms with E-state index in [0.29, 0.717) is 43.6 Å². The molecule has 4 rings (SSSR count). The quantitative estimate of drug-likeness (QED) is 0.471. The van der Waals surface area contributed by atoms with Crippen molar-refractivity contribution in [3.05, 3.63) is 77.0 Å². The first-order valence-corrected chi connectivity index (χ1v) is 11.4. The van der Waals surface area contributed by atoms with Crippen molar-refractivity contribution >= 4 is 38.6 Å². The van der Waals surface area contributed by atoms with E-state index >= 15 is 0 Å². The number of amides is 1. The van der Waals surface area contributed by atoms with Gasteiger partial charge in [-0.05, 0) is 49.2 Å². The molecule has 0 radical (unpaired) electrons. The number of phenolic OH excluding ortho intramolecular Hbond substituents is 1. The molecule has 2 heterocycles. The van der Waals surface area contributed by atoms with Gasteiger partial charge < -0.3 is 14.9 Å². The number of pyridine rings is 1. The van der Waals surface area contributed by atoms with Crippen LogP contribution in [0.3, 0.4) is 0 Å². The monoisotopic (exact) mass is 497 g/mol. The Morgan fingerprint density at radius 2 is 2.03 bits per heavy atom. The smallest absolute Gasteiger partial charge is 0.226 e. The van der Waals surface area contributed by atoms with Crippen molar-refractivity contribution in [2.45, 2.75) is 19.4 Å². The van der Waals surface area contributed by atoms with Gasteiger partial charge in [-0.2, -0.15) is 0 Å². The molecule has 1 aliphatic rings. The van der Waals surface area contributed by atoms with Gasteiger partial charge in [-0.1, -0.05) is 34.1 Å². The number of halogens is 2. The summed E-state index contributed by atoms with van der Waals surface area (Å²) in [5, 5.41) is 11.0. The lowest BCUT2D eigenvalue weighted by Gasteiger charge is -2.34. The van der Waals surface area contributed by atoms with Crippen LogP contribution in [0, 0.1) is 11.7 Å². The van der Waals surface area contributed by atoms with Gasteiger partial charge in [0.05, 0.1) is 0 Å². The average Bonchev–Trinajstić information content (AvgIpc) is 2.81. The maximum Gasteiger partial charge on any atom is 0.226 e. The number of aromatic hydroxyl groups is 1. The van der Waals surface area contributed by atoms with Crippen LogP contribution in [0.25, 0.3) is 10.9 Å². The van der Waals surface area contributed by atoms with E-state index in [0.717, 1.165) is 15.7 Å². The lowest BCUT2D eigenvalue weighted by molar-refractivity contribution is -0.136. The standard InChI is InChI=1S/C25H25BrFN3O2/c1-2-12-30(16-19-15-20(26)7-8-21(19)27)25(32)18-10-13-29(14-11-18)23-9-6-17-4-3-5-22(31)24(17)28-23/h2-9,15,18,31H,1,10-14,16H2. The molecule has 1 aromatic heterocycles. The Balaban J connectivity index is 1.44. The predicted molar refractivity (Wildman–Crippen MR) is 128 cm³/mol. The van der Waals surface area contributed by atoms with Crippen LogP contribution in [-0.2, 0) is 11.3 Å². The highest BCUT2D eigenvalue weighted by Gasteiger charge is 2.29. The molecule has 1 amide bonds. The number of para-hydroxylation sites is 1. The molecule has 0 bridgehead atoms. The first-order chi connectivity index (χ1) is 15.5. The molecule has 1 saturated heterocycles. The van der Waals surface area contributed by atoms with Crippen molar-refractivity contribution in [3.63, 3.8) is 0 Å². The molecule has 2 aromatic carbocycles. The van der Waals surface area contributed by atoms with Crippen LogP contribution in [0.15, 0.2) is 65.7 Å². The number of phenols is 1. The molecule has 166 valence electrons. The summed E-state index contributed by atoms with van der Waals surface area (Å²) in [4.78, 5) is 21.7. The highest BCUT2D eigenvalue weighted by Crippen LogP contribution is 2.29. The number of anilines is 1. The van der Waals surface area contributed by atoms with Gasteiger partial charge in [0.25, 0.3) is 0 Å². The predicted octanol–water partition coefficient (Wildman–Crippen LogP) is 5.27. The number of carbonyl (C=O) groups is 1. The molecule has 0 atom stereocenters. The maximum absolute atomic E-state index is 14.2. The van der Waals surface area contributed by atoms with Crippen LogP contribution in [0.2, 0.25) is 0 Å². The molecule has 0 spiro atoms. The Morgan fingerprint density at radius 1 is 1.25 bits per heavy atom. The van der Waals surface area contributed by atoms with Gasteiger partial charge in [-0.25, -0.2) is 9.37 Å². The number of hydrogen-bond acceptors (Lipinski definition) is 4. The third-order valence-electron chi connectivity index (χ3n) is 5.88. The van der Waals surface area contributed by atoms with E-state index in [1.54, 1.807) is 35.2 Å². The first kappa shape index (κ1) is 22.3. The second-order valence-electron chi connectivity index (χ2n) is 8.02. The number of nitrogens with zero attached hydrogens (tertiary/aromatic N) is 3. The molecule has 0 unspecified atom stereocenters. The number of benzene rings is 2. The number of aromatic nitrogens is 1. The zero-order valence-electron chi connectivity index (χ0n) is 17.7. The van der Waals surface area contributed by atoms with E-state index < -0.39 is 0 Å². The Kier molecular flexibility index (Phi) is 6.74. The fourth-order valence-corrected chi connectivity index (χ4v) is 4.58. The topological polar surface area (TPSA) is 56.7 Å². The second-order valence-corrected chi connectivity index (χ2v) is 8.94. The molecule has 3 aromatic rings. The van der Waals surface area contributed by atoms with Crippen LogP contribution in [0.4, 0.5) is 10.2 Å².